The zero-order valence-electron chi connectivity index (χ0n) is 11.1. The quantitative estimate of drug-likeness (QED) is 0.658. The molecule has 102 valence electrons. The SMILES string of the molecule is N=C(N)C1CCN(CC2CSc3ccccc32)CC1. The number of benzene rings is 1. The fourth-order valence-electron chi connectivity index (χ4n) is 3.12. The number of amidine groups is 1. The highest BCUT2D eigenvalue weighted by Crippen LogP contribution is 2.39. The summed E-state index contributed by atoms with van der Waals surface area (Å²) < 4.78 is 0. The summed E-state index contributed by atoms with van der Waals surface area (Å²) in [5.74, 6) is 2.59. The summed E-state index contributed by atoms with van der Waals surface area (Å²) in [5.41, 5.74) is 7.13. The third kappa shape index (κ3) is 2.79. The first-order chi connectivity index (χ1) is 9.24. The summed E-state index contributed by atoms with van der Waals surface area (Å²) in [6.45, 7) is 3.34. The zero-order valence-corrected chi connectivity index (χ0v) is 12.0. The minimum absolute atomic E-state index is 0.321. The first kappa shape index (κ1) is 13.0. The van der Waals surface area contributed by atoms with E-state index in [4.69, 9.17) is 11.1 Å². The number of rotatable bonds is 3. The third-order valence-electron chi connectivity index (χ3n) is 4.30. The second-order valence-corrected chi connectivity index (χ2v) is 6.64. The maximum absolute atomic E-state index is 7.53. The van der Waals surface area contributed by atoms with E-state index in [-0.39, 0.29) is 0 Å². The van der Waals surface area contributed by atoms with Gasteiger partial charge in [0.15, 0.2) is 0 Å². The van der Waals surface area contributed by atoms with Gasteiger partial charge in [-0.3, -0.25) is 5.41 Å². The number of nitrogens with one attached hydrogen (secondary N) is 1. The van der Waals surface area contributed by atoms with Gasteiger partial charge in [0.2, 0.25) is 0 Å². The molecule has 0 saturated carbocycles. The molecule has 0 spiro atoms. The van der Waals surface area contributed by atoms with Gasteiger partial charge in [-0.1, -0.05) is 18.2 Å². The Labute approximate surface area is 119 Å². The van der Waals surface area contributed by atoms with Crippen molar-refractivity contribution in [1.29, 1.82) is 5.41 Å². The van der Waals surface area contributed by atoms with E-state index in [1.54, 1.807) is 0 Å². The van der Waals surface area contributed by atoms with Crippen molar-refractivity contribution >= 4 is 17.6 Å². The average molecular weight is 275 g/mol. The lowest BCUT2D eigenvalue weighted by Gasteiger charge is -2.33. The van der Waals surface area contributed by atoms with Crippen molar-refractivity contribution in [2.75, 3.05) is 25.4 Å². The van der Waals surface area contributed by atoms with Crippen LogP contribution in [-0.4, -0.2) is 36.1 Å². The third-order valence-corrected chi connectivity index (χ3v) is 5.56. The number of fused-ring (bicyclic) bond motifs is 1. The molecule has 1 aromatic carbocycles. The van der Waals surface area contributed by atoms with Crippen LogP contribution in [0.3, 0.4) is 0 Å². The molecule has 0 aliphatic carbocycles. The molecular formula is C15H21N3S. The van der Waals surface area contributed by atoms with Crippen LogP contribution in [0.4, 0.5) is 0 Å². The molecule has 0 amide bonds. The summed E-state index contributed by atoms with van der Waals surface area (Å²) in [7, 11) is 0. The lowest BCUT2D eigenvalue weighted by atomic mass is 9.94. The van der Waals surface area contributed by atoms with Crippen LogP contribution in [0.15, 0.2) is 29.2 Å². The molecule has 3 N–H and O–H groups in total. The number of hydrogen-bond acceptors (Lipinski definition) is 3. The van der Waals surface area contributed by atoms with Gasteiger partial charge in [0.05, 0.1) is 5.84 Å². The number of likely N-dealkylation sites (tertiary alicyclic amines) is 1. The minimum Gasteiger partial charge on any atom is -0.387 e. The van der Waals surface area contributed by atoms with Crippen LogP contribution >= 0.6 is 11.8 Å². The molecule has 1 fully saturated rings. The summed E-state index contributed by atoms with van der Waals surface area (Å²) in [6.07, 6.45) is 2.10. The number of nitrogens with zero attached hydrogens (tertiary/aromatic N) is 1. The topological polar surface area (TPSA) is 53.1 Å². The van der Waals surface area contributed by atoms with Gasteiger partial charge in [-0.05, 0) is 37.6 Å². The predicted octanol–water partition coefficient (Wildman–Crippen LogP) is 2.52. The number of hydrogen-bond donors (Lipinski definition) is 2. The van der Waals surface area contributed by atoms with Crippen LogP contribution in [0.2, 0.25) is 0 Å². The van der Waals surface area contributed by atoms with Crippen molar-refractivity contribution in [2.45, 2.75) is 23.7 Å². The molecule has 2 aliphatic rings. The minimum atomic E-state index is 0.321. The van der Waals surface area contributed by atoms with Crippen molar-refractivity contribution in [3.05, 3.63) is 29.8 Å². The summed E-state index contributed by atoms with van der Waals surface area (Å²) in [6, 6.07) is 8.80. The van der Waals surface area contributed by atoms with Crippen molar-refractivity contribution in [3.8, 4) is 0 Å². The molecule has 1 saturated heterocycles. The Morgan fingerprint density at radius 2 is 2.05 bits per heavy atom. The second kappa shape index (κ2) is 5.55. The fourth-order valence-corrected chi connectivity index (χ4v) is 4.36. The monoisotopic (exact) mass is 275 g/mol. The second-order valence-electron chi connectivity index (χ2n) is 5.58. The summed E-state index contributed by atoms with van der Waals surface area (Å²) in [4.78, 5) is 4.01. The maximum Gasteiger partial charge on any atom is 0.0937 e. The molecule has 1 atom stereocenters. The number of thioether (sulfide) groups is 1. The van der Waals surface area contributed by atoms with Gasteiger partial charge < -0.3 is 10.6 Å². The van der Waals surface area contributed by atoms with Gasteiger partial charge >= 0.3 is 0 Å². The van der Waals surface area contributed by atoms with Gasteiger partial charge in [0.25, 0.3) is 0 Å². The fraction of sp³-hybridized carbons (Fsp3) is 0.533. The normalized spacial score (nSPS) is 24.3. The molecule has 19 heavy (non-hydrogen) atoms. The van der Waals surface area contributed by atoms with Crippen LogP contribution in [0, 0.1) is 11.3 Å². The number of nitrogens with two attached hydrogens (primary N) is 1. The van der Waals surface area contributed by atoms with E-state index < -0.39 is 0 Å². The highest BCUT2D eigenvalue weighted by molar-refractivity contribution is 7.99. The highest BCUT2D eigenvalue weighted by Gasteiger charge is 2.27. The van der Waals surface area contributed by atoms with Crippen LogP contribution in [-0.2, 0) is 0 Å². The molecule has 1 aromatic rings. The lowest BCUT2D eigenvalue weighted by Crippen LogP contribution is -2.40. The van der Waals surface area contributed by atoms with Gasteiger partial charge in [-0.2, -0.15) is 0 Å². The molecule has 0 aromatic heterocycles. The molecule has 3 rings (SSSR count). The summed E-state index contributed by atoms with van der Waals surface area (Å²) in [5, 5.41) is 7.53. The lowest BCUT2D eigenvalue weighted by molar-refractivity contribution is 0.201. The Morgan fingerprint density at radius 3 is 2.79 bits per heavy atom. The van der Waals surface area contributed by atoms with Crippen LogP contribution < -0.4 is 5.73 Å². The molecule has 2 heterocycles. The Bertz CT molecular complexity index is 466. The Morgan fingerprint density at radius 1 is 1.32 bits per heavy atom. The first-order valence-corrected chi connectivity index (χ1v) is 8.00. The van der Waals surface area contributed by atoms with Crippen LogP contribution in [0.1, 0.15) is 24.3 Å². The van der Waals surface area contributed by atoms with E-state index in [9.17, 15) is 0 Å². The van der Waals surface area contributed by atoms with Gasteiger partial charge in [0, 0.05) is 29.0 Å². The van der Waals surface area contributed by atoms with E-state index in [1.165, 1.54) is 16.2 Å². The van der Waals surface area contributed by atoms with E-state index in [0.717, 1.165) is 32.5 Å². The Hall–Kier alpha value is -1.00. The van der Waals surface area contributed by atoms with Crippen molar-refractivity contribution in [3.63, 3.8) is 0 Å². The molecule has 3 nitrogen and oxygen atoms in total. The first-order valence-electron chi connectivity index (χ1n) is 7.02. The predicted molar refractivity (Wildman–Crippen MR) is 81.0 cm³/mol. The highest BCUT2D eigenvalue weighted by atomic mass is 32.2. The number of piperidine rings is 1. The molecule has 2 aliphatic heterocycles. The Kier molecular flexibility index (Phi) is 3.80. The molecule has 1 unspecified atom stereocenters. The summed E-state index contributed by atoms with van der Waals surface area (Å²) >= 11 is 1.99. The van der Waals surface area contributed by atoms with Crippen molar-refractivity contribution in [1.82, 2.24) is 4.90 Å². The van der Waals surface area contributed by atoms with Crippen LogP contribution in [0.25, 0.3) is 0 Å². The molecule has 0 radical (unpaired) electrons. The molecule has 4 heteroatoms. The van der Waals surface area contributed by atoms with Crippen LogP contribution in [0.5, 0.6) is 0 Å². The van der Waals surface area contributed by atoms with Crippen molar-refractivity contribution < 1.29 is 0 Å². The van der Waals surface area contributed by atoms with Gasteiger partial charge in [0.1, 0.15) is 0 Å². The molecule has 0 bridgehead atoms. The average Bonchev–Trinajstić information content (AvgIpc) is 2.83. The van der Waals surface area contributed by atoms with Gasteiger partial charge in [-0.25, -0.2) is 0 Å². The maximum atomic E-state index is 7.53. The standard InChI is InChI=1S/C15H21N3S/c16-15(17)11-5-7-18(8-6-11)9-12-10-19-14-4-2-1-3-13(12)14/h1-4,11-12H,5-10H2,(H3,16,17). The van der Waals surface area contributed by atoms with Crippen molar-refractivity contribution in [2.24, 2.45) is 11.7 Å². The zero-order chi connectivity index (χ0) is 13.2. The Balaban J connectivity index is 1.58. The largest absolute Gasteiger partial charge is 0.387 e. The van der Waals surface area contributed by atoms with Gasteiger partial charge in [-0.15, -0.1) is 11.8 Å². The van der Waals surface area contributed by atoms with E-state index in [0.29, 0.717) is 17.7 Å². The molecular weight excluding hydrogens is 254 g/mol. The van der Waals surface area contributed by atoms with E-state index >= 15 is 0 Å². The van der Waals surface area contributed by atoms with E-state index in [1.807, 2.05) is 11.8 Å². The van der Waals surface area contributed by atoms with E-state index in [2.05, 4.69) is 29.2 Å². The smallest absolute Gasteiger partial charge is 0.0937 e.